The van der Waals surface area contributed by atoms with Crippen LogP contribution in [0.2, 0.25) is 5.02 Å². The van der Waals surface area contributed by atoms with Crippen LogP contribution < -0.4 is 10.9 Å². The van der Waals surface area contributed by atoms with Gasteiger partial charge in [0.15, 0.2) is 5.65 Å². The van der Waals surface area contributed by atoms with E-state index in [1.807, 2.05) is 0 Å². The maximum absolute atomic E-state index is 13.6. The number of benzene rings is 1. The quantitative estimate of drug-likeness (QED) is 0.713. The SMILES string of the molecule is Cn1nc(Br)c2c(=O)n(CC(=O)Nc3cc(Cl)ccc3F)cnc21. The van der Waals surface area contributed by atoms with Crippen LogP contribution in [0.3, 0.4) is 0 Å². The Kier molecular flexibility index (Phi) is 4.37. The highest BCUT2D eigenvalue weighted by molar-refractivity contribution is 9.10. The predicted octanol–water partition coefficient (Wildman–Crippen LogP) is 2.32. The molecule has 124 valence electrons. The number of hydrogen-bond donors (Lipinski definition) is 1. The van der Waals surface area contributed by atoms with Gasteiger partial charge in [-0.3, -0.25) is 14.2 Å². The molecule has 2 heterocycles. The highest BCUT2D eigenvalue weighted by Gasteiger charge is 2.15. The summed E-state index contributed by atoms with van der Waals surface area (Å²) in [7, 11) is 1.65. The van der Waals surface area contributed by atoms with Gasteiger partial charge in [-0.1, -0.05) is 11.6 Å². The van der Waals surface area contributed by atoms with Gasteiger partial charge < -0.3 is 5.32 Å². The maximum Gasteiger partial charge on any atom is 0.266 e. The van der Waals surface area contributed by atoms with Crippen LogP contribution in [-0.4, -0.2) is 25.2 Å². The number of halogens is 3. The number of hydrogen-bond acceptors (Lipinski definition) is 4. The van der Waals surface area contributed by atoms with Crippen molar-refractivity contribution < 1.29 is 9.18 Å². The lowest BCUT2D eigenvalue weighted by molar-refractivity contribution is -0.116. The summed E-state index contributed by atoms with van der Waals surface area (Å²) < 4.78 is 16.5. The third-order valence-electron chi connectivity index (χ3n) is 3.28. The minimum absolute atomic E-state index is 0.0582. The molecule has 0 fully saturated rings. The van der Waals surface area contributed by atoms with Crippen molar-refractivity contribution in [1.29, 1.82) is 0 Å². The lowest BCUT2D eigenvalue weighted by Crippen LogP contribution is -2.28. The van der Waals surface area contributed by atoms with Crippen LogP contribution in [0, 0.1) is 5.82 Å². The minimum Gasteiger partial charge on any atom is -0.322 e. The van der Waals surface area contributed by atoms with Crippen LogP contribution in [0.1, 0.15) is 0 Å². The Balaban J connectivity index is 1.88. The predicted molar refractivity (Wildman–Crippen MR) is 90.5 cm³/mol. The molecular weight excluding hydrogens is 405 g/mol. The topological polar surface area (TPSA) is 81.8 Å². The van der Waals surface area contributed by atoms with Crippen molar-refractivity contribution in [2.24, 2.45) is 7.05 Å². The number of nitrogens with zero attached hydrogens (tertiary/aromatic N) is 4. The largest absolute Gasteiger partial charge is 0.322 e. The van der Waals surface area contributed by atoms with E-state index in [2.05, 4.69) is 31.3 Å². The summed E-state index contributed by atoms with van der Waals surface area (Å²) in [6, 6.07) is 3.80. The molecule has 7 nitrogen and oxygen atoms in total. The molecule has 0 saturated heterocycles. The van der Waals surface area contributed by atoms with Crippen LogP contribution in [0.25, 0.3) is 11.0 Å². The minimum atomic E-state index is -0.622. The van der Waals surface area contributed by atoms with E-state index >= 15 is 0 Å². The van der Waals surface area contributed by atoms with Crippen molar-refractivity contribution >= 4 is 50.2 Å². The second-order valence-corrected chi connectivity index (χ2v) is 6.15. The number of carbonyl (C=O) groups is 1. The van der Waals surface area contributed by atoms with E-state index in [4.69, 9.17) is 11.6 Å². The van der Waals surface area contributed by atoms with Crippen LogP contribution in [0.15, 0.2) is 33.9 Å². The first-order valence-corrected chi connectivity index (χ1v) is 7.86. The van der Waals surface area contributed by atoms with Crippen LogP contribution >= 0.6 is 27.5 Å². The Morgan fingerprint density at radius 3 is 2.96 bits per heavy atom. The number of anilines is 1. The molecule has 0 unspecified atom stereocenters. The molecule has 0 radical (unpaired) electrons. The molecule has 0 aliphatic carbocycles. The van der Waals surface area contributed by atoms with Gasteiger partial charge in [-0.2, -0.15) is 5.10 Å². The van der Waals surface area contributed by atoms with Gasteiger partial charge in [-0.05, 0) is 34.1 Å². The Bertz CT molecular complexity index is 1020. The van der Waals surface area contributed by atoms with Crippen molar-refractivity contribution in [2.75, 3.05) is 5.32 Å². The summed E-state index contributed by atoms with van der Waals surface area (Å²) in [6.07, 6.45) is 1.24. The number of nitrogens with one attached hydrogen (secondary N) is 1. The number of aromatic nitrogens is 4. The summed E-state index contributed by atoms with van der Waals surface area (Å²) >= 11 is 8.96. The fraction of sp³-hybridized carbons (Fsp3) is 0.143. The Labute approximate surface area is 148 Å². The standard InChI is InChI=1S/C14H10BrClFN5O2/c1-21-13-11(12(15)20-21)14(24)22(6-18-13)5-10(23)19-9-4-7(16)2-3-8(9)17/h2-4,6H,5H2,1H3,(H,19,23). The van der Waals surface area contributed by atoms with E-state index in [-0.39, 0.29) is 22.6 Å². The highest BCUT2D eigenvalue weighted by atomic mass is 79.9. The van der Waals surface area contributed by atoms with Gasteiger partial charge in [0.25, 0.3) is 5.56 Å². The molecule has 2 aromatic heterocycles. The summed E-state index contributed by atoms with van der Waals surface area (Å²) in [6.45, 7) is -0.324. The molecule has 1 aromatic carbocycles. The average Bonchev–Trinajstić information content (AvgIpc) is 2.81. The zero-order valence-corrected chi connectivity index (χ0v) is 14.6. The second kappa shape index (κ2) is 6.33. The molecule has 0 atom stereocenters. The Hall–Kier alpha value is -2.26. The number of carbonyl (C=O) groups excluding carboxylic acids is 1. The Morgan fingerprint density at radius 1 is 1.46 bits per heavy atom. The molecule has 0 aliphatic rings. The first-order chi connectivity index (χ1) is 11.4. The van der Waals surface area contributed by atoms with Crippen LogP contribution in [0.5, 0.6) is 0 Å². The number of rotatable bonds is 3. The third-order valence-corrected chi connectivity index (χ3v) is 4.07. The first-order valence-electron chi connectivity index (χ1n) is 6.69. The van der Waals surface area contributed by atoms with Crippen molar-refractivity contribution in [2.45, 2.75) is 6.54 Å². The van der Waals surface area contributed by atoms with E-state index in [1.54, 1.807) is 7.05 Å². The van der Waals surface area contributed by atoms with E-state index in [0.717, 1.165) is 10.6 Å². The third kappa shape index (κ3) is 3.04. The zero-order valence-electron chi connectivity index (χ0n) is 12.3. The molecule has 3 aromatic rings. The second-order valence-electron chi connectivity index (χ2n) is 4.96. The molecule has 0 aliphatic heterocycles. The lowest BCUT2D eigenvalue weighted by Gasteiger charge is -2.08. The summed E-state index contributed by atoms with van der Waals surface area (Å²) in [5.41, 5.74) is -0.0942. The van der Waals surface area contributed by atoms with Crippen LogP contribution in [0.4, 0.5) is 10.1 Å². The molecule has 0 bridgehead atoms. The van der Waals surface area contributed by atoms with E-state index < -0.39 is 17.3 Å². The van der Waals surface area contributed by atoms with E-state index in [0.29, 0.717) is 10.3 Å². The van der Waals surface area contributed by atoms with Gasteiger partial charge in [0.05, 0.1) is 5.69 Å². The summed E-state index contributed by atoms with van der Waals surface area (Å²) in [5, 5.41) is 6.98. The monoisotopic (exact) mass is 413 g/mol. The first kappa shape index (κ1) is 16.6. The fourth-order valence-corrected chi connectivity index (χ4v) is 2.94. The molecule has 24 heavy (non-hydrogen) atoms. The van der Waals surface area contributed by atoms with Gasteiger partial charge >= 0.3 is 0 Å². The molecule has 1 N–H and O–H groups in total. The summed E-state index contributed by atoms with van der Waals surface area (Å²) in [5.74, 6) is -1.21. The number of fused-ring (bicyclic) bond motifs is 1. The molecule has 0 spiro atoms. The van der Waals surface area contributed by atoms with Crippen molar-refractivity contribution in [3.63, 3.8) is 0 Å². The summed E-state index contributed by atoms with van der Waals surface area (Å²) in [4.78, 5) is 28.6. The van der Waals surface area contributed by atoms with Crippen LogP contribution in [-0.2, 0) is 18.4 Å². The molecule has 1 amide bonds. The highest BCUT2D eigenvalue weighted by Crippen LogP contribution is 2.20. The molecule has 10 heteroatoms. The molecule has 0 saturated carbocycles. The normalized spacial score (nSPS) is 11.0. The smallest absolute Gasteiger partial charge is 0.266 e. The van der Waals surface area contributed by atoms with E-state index in [1.165, 1.54) is 23.1 Å². The Morgan fingerprint density at radius 2 is 2.21 bits per heavy atom. The van der Waals surface area contributed by atoms with Crippen molar-refractivity contribution in [3.05, 3.63) is 50.3 Å². The lowest BCUT2D eigenvalue weighted by atomic mass is 10.3. The van der Waals surface area contributed by atoms with Gasteiger partial charge in [0.1, 0.15) is 28.7 Å². The average molecular weight is 415 g/mol. The van der Waals surface area contributed by atoms with Crippen molar-refractivity contribution in [1.82, 2.24) is 19.3 Å². The zero-order chi connectivity index (χ0) is 17.4. The van der Waals surface area contributed by atoms with Gasteiger partial charge in [0.2, 0.25) is 5.91 Å². The van der Waals surface area contributed by atoms with Gasteiger partial charge in [-0.25, -0.2) is 14.1 Å². The number of aryl methyl sites for hydroxylation is 1. The van der Waals surface area contributed by atoms with Gasteiger partial charge in [-0.15, -0.1) is 0 Å². The molecule has 3 rings (SSSR count). The van der Waals surface area contributed by atoms with E-state index in [9.17, 15) is 14.0 Å². The molecular formula is C14H10BrClFN5O2. The maximum atomic E-state index is 13.6. The fourth-order valence-electron chi connectivity index (χ4n) is 2.19. The number of amides is 1. The van der Waals surface area contributed by atoms with Crippen molar-refractivity contribution in [3.8, 4) is 0 Å². The van der Waals surface area contributed by atoms with Gasteiger partial charge in [0, 0.05) is 12.1 Å².